The smallest absolute Gasteiger partial charge is 0.159 e. The number of anilines is 6. The summed E-state index contributed by atoms with van der Waals surface area (Å²) in [7, 11) is 0. The lowest BCUT2D eigenvalue weighted by molar-refractivity contribution is 0.488. The molecule has 276 valence electrons. The van der Waals surface area contributed by atoms with Gasteiger partial charge in [-0.05, 0) is 106 Å². The fourth-order valence-electron chi connectivity index (χ4n) is 9.28. The van der Waals surface area contributed by atoms with Crippen LogP contribution >= 0.6 is 0 Å². The number of fused-ring (bicyclic) bond motifs is 5. The Labute approximate surface area is 339 Å². The fourth-order valence-corrected chi connectivity index (χ4v) is 9.28. The number of benzene rings is 9. The number of ether oxygens (including phenoxy) is 1. The molecule has 9 aromatic rings. The minimum absolute atomic E-state index is 0.0763. The van der Waals surface area contributed by atoms with E-state index < -0.39 is 0 Å². The Morgan fingerprint density at radius 3 is 1.67 bits per heavy atom. The first kappa shape index (κ1) is 33.9. The van der Waals surface area contributed by atoms with Crippen LogP contribution in [0, 0.1) is 0 Å². The van der Waals surface area contributed by atoms with Gasteiger partial charge in [0.05, 0.1) is 11.4 Å². The summed E-state index contributed by atoms with van der Waals surface area (Å²) in [4.78, 5) is 4.71. The van der Waals surface area contributed by atoms with E-state index in [9.17, 15) is 0 Å². The molecule has 9 aromatic carbocycles. The molecule has 0 fully saturated rings. The van der Waals surface area contributed by atoms with Crippen LogP contribution < -0.4 is 14.5 Å². The van der Waals surface area contributed by atoms with Crippen LogP contribution in [0.1, 0.15) is 25.0 Å². The molecule has 58 heavy (non-hydrogen) atoms. The van der Waals surface area contributed by atoms with Gasteiger partial charge in [-0.3, -0.25) is 0 Å². The molecule has 1 aliphatic carbocycles. The molecule has 0 saturated heterocycles. The summed E-state index contributed by atoms with van der Waals surface area (Å²) in [5.74, 6) is 1.69. The topological polar surface area (TPSA) is 15.7 Å². The molecule has 0 saturated carbocycles. The first-order valence-electron chi connectivity index (χ1n) is 20.0. The van der Waals surface area contributed by atoms with Gasteiger partial charge in [-0.15, -0.1) is 0 Å². The highest BCUT2D eigenvalue weighted by Crippen LogP contribution is 2.56. The minimum atomic E-state index is -0.0763. The Balaban J connectivity index is 1.10. The summed E-state index contributed by atoms with van der Waals surface area (Å²) in [6.07, 6.45) is 0. The van der Waals surface area contributed by atoms with Crippen molar-refractivity contribution in [1.82, 2.24) is 0 Å². The van der Waals surface area contributed by atoms with Gasteiger partial charge >= 0.3 is 0 Å². The van der Waals surface area contributed by atoms with Crippen LogP contribution in [0.3, 0.4) is 0 Å². The average molecular weight is 745 g/mol. The number of para-hydroxylation sites is 3. The molecule has 0 radical (unpaired) electrons. The number of hydrogen-bond acceptors (Lipinski definition) is 3. The second-order valence-electron chi connectivity index (χ2n) is 15.7. The Bertz CT molecular complexity index is 2950. The lowest BCUT2D eigenvalue weighted by Gasteiger charge is -2.32. The summed E-state index contributed by atoms with van der Waals surface area (Å²) >= 11 is 0. The first-order chi connectivity index (χ1) is 28.5. The molecule has 0 spiro atoms. The van der Waals surface area contributed by atoms with E-state index in [1.807, 2.05) is 0 Å². The average Bonchev–Trinajstić information content (AvgIpc) is 3.51. The maximum absolute atomic E-state index is 7.08. The van der Waals surface area contributed by atoms with Gasteiger partial charge in [0.2, 0.25) is 0 Å². The summed E-state index contributed by atoms with van der Waals surface area (Å²) in [5.41, 5.74) is 16.3. The molecule has 0 bridgehead atoms. The van der Waals surface area contributed by atoms with Gasteiger partial charge in [0.1, 0.15) is 5.75 Å². The van der Waals surface area contributed by atoms with Crippen molar-refractivity contribution >= 4 is 44.9 Å². The molecule has 0 aromatic heterocycles. The van der Waals surface area contributed by atoms with Crippen LogP contribution in [0.15, 0.2) is 206 Å². The normalized spacial score (nSPS) is 12.9. The lowest BCUT2D eigenvalue weighted by Crippen LogP contribution is -2.15. The van der Waals surface area contributed by atoms with Crippen molar-refractivity contribution in [2.24, 2.45) is 0 Å². The minimum Gasteiger partial charge on any atom is -0.454 e. The molecular weight excluding hydrogens is 705 g/mol. The Hall–Kier alpha value is -7.36. The van der Waals surface area contributed by atoms with E-state index in [0.29, 0.717) is 0 Å². The van der Waals surface area contributed by atoms with Gasteiger partial charge in [-0.25, -0.2) is 0 Å². The third kappa shape index (κ3) is 5.35. The summed E-state index contributed by atoms with van der Waals surface area (Å²) in [5, 5.41) is 2.23. The molecule has 0 unspecified atom stereocenters. The quantitative estimate of drug-likeness (QED) is 0.162. The third-order valence-corrected chi connectivity index (χ3v) is 12.0. The van der Waals surface area contributed by atoms with Crippen molar-refractivity contribution in [2.75, 3.05) is 9.80 Å². The van der Waals surface area contributed by atoms with Gasteiger partial charge in [0.25, 0.3) is 0 Å². The molecule has 3 heteroatoms. The molecule has 1 aliphatic heterocycles. The van der Waals surface area contributed by atoms with Crippen molar-refractivity contribution in [3.05, 3.63) is 217 Å². The van der Waals surface area contributed by atoms with Crippen LogP contribution in [0.25, 0.3) is 44.2 Å². The maximum atomic E-state index is 7.08. The molecule has 0 amide bonds. The number of nitrogens with zero attached hydrogens (tertiary/aromatic N) is 2. The van der Waals surface area contributed by atoms with Crippen molar-refractivity contribution < 1.29 is 4.74 Å². The second-order valence-corrected chi connectivity index (χ2v) is 15.7. The van der Waals surface area contributed by atoms with Crippen LogP contribution in [0.4, 0.5) is 34.1 Å². The van der Waals surface area contributed by atoms with Gasteiger partial charge in [0.15, 0.2) is 5.75 Å². The SMILES string of the molecule is CC1(C)c2ccccc2-c2cc(N(c3ccc(-c4ccccc4)cc3)c3ccc4c5c(cccc35)-c3cccc(N(c5ccccc5)c5ccccc5)c3O4)ccc21. The van der Waals surface area contributed by atoms with E-state index in [1.54, 1.807) is 0 Å². The molecule has 0 N–H and O–H groups in total. The van der Waals surface area contributed by atoms with Crippen molar-refractivity contribution in [2.45, 2.75) is 19.3 Å². The second kappa shape index (κ2) is 13.4. The van der Waals surface area contributed by atoms with Gasteiger partial charge in [-0.1, -0.05) is 153 Å². The summed E-state index contributed by atoms with van der Waals surface area (Å²) in [6, 6.07) is 74.1. The van der Waals surface area contributed by atoms with E-state index in [4.69, 9.17) is 4.74 Å². The molecule has 3 nitrogen and oxygen atoms in total. The zero-order chi connectivity index (χ0) is 38.8. The van der Waals surface area contributed by atoms with Crippen LogP contribution in [-0.2, 0) is 5.41 Å². The van der Waals surface area contributed by atoms with E-state index in [-0.39, 0.29) is 5.41 Å². The van der Waals surface area contributed by atoms with E-state index in [2.05, 4.69) is 230 Å². The standard InChI is InChI=1S/C55H40N2O/c1-55(2)48-26-13-12-22-43(48)47-36-42(32-33-49(47)55)57(41-30-28-38(29-31-41)37-16-6-3-7-17-37)50-34-35-52-53-44(23-14-25-46(50)53)45-24-15-27-51(54(45)58-52)56(39-18-8-4-9-19-39)40-20-10-5-11-21-40/h3-36H,1-2H3. The zero-order valence-corrected chi connectivity index (χ0v) is 32.4. The fraction of sp³-hybridized carbons (Fsp3) is 0.0545. The van der Waals surface area contributed by atoms with Crippen LogP contribution in [0.2, 0.25) is 0 Å². The Morgan fingerprint density at radius 2 is 0.931 bits per heavy atom. The van der Waals surface area contributed by atoms with Crippen molar-refractivity contribution in [1.29, 1.82) is 0 Å². The van der Waals surface area contributed by atoms with Crippen LogP contribution in [-0.4, -0.2) is 0 Å². The number of rotatable bonds is 7. The maximum Gasteiger partial charge on any atom is 0.159 e. The molecule has 0 atom stereocenters. The Morgan fingerprint density at radius 1 is 0.379 bits per heavy atom. The van der Waals surface area contributed by atoms with E-state index in [0.717, 1.165) is 67.5 Å². The van der Waals surface area contributed by atoms with Gasteiger partial charge in [0, 0.05) is 44.5 Å². The highest BCUT2D eigenvalue weighted by molar-refractivity contribution is 6.12. The van der Waals surface area contributed by atoms with Crippen molar-refractivity contribution in [3.8, 4) is 44.9 Å². The van der Waals surface area contributed by atoms with Crippen molar-refractivity contribution in [3.63, 3.8) is 0 Å². The lowest BCUT2D eigenvalue weighted by atomic mass is 9.82. The highest BCUT2D eigenvalue weighted by atomic mass is 16.5. The number of hydrogen-bond donors (Lipinski definition) is 0. The molecule has 11 rings (SSSR count). The Kier molecular flexibility index (Phi) is 7.84. The van der Waals surface area contributed by atoms with Gasteiger partial charge < -0.3 is 14.5 Å². The predicted octanol–water partition coefficient (Wildman–Crippen LogP) is 15.5. The predicted molar refractivity (Wildman–Crippen MR) is 242 cm³/mol. The molecule has 2 aliphatic rings. The molecule has 1 heterocycles. The van der Waals surface area contributed by atoms with Crippen LogP contribution in [0.5, 0.6) is 11.5 Å². The monoisotopic (exact) mass is 744 g/mol. The molecular formula is C55H40N2O. The summed E-state index contributed by atoms with van der Waals surface area (Å²) < 4.78 is 7.08. The largest absolute Gasteiger partial charge is 0.454 e. The zero-order valence-electron chi connectivity index (χ0n) is 32.4. The third-order valence-electron chi connectivity index (χ3n) is 12.0. The first-order valence-corrected chi connectivity index (χ1v) is 20.0. The van der Waals surface area contributed by atoms with Gasteiger partial charge in [-0.2, -0.15) is 0 Å². The van der Waals surface area contributed by atoms with E-state index in [1.165, 1.54) is 33.4 Å². The highest BCUT2D eigenvalue weighted by Gasteiger charge is 2.36. The van der Waals surface area contributed by atoms with E-state index >= 15 is 0 Å². The summed E-state index contributed by atoms with van der Waals surface area (Å²) in [6.45, 7) is 4.68.